The lowest BCUT2D eigenvalue weighted by molar-refractivity contribution is 0.0683. The highest BCUT2D eigenvalue weighted by Gasteiger charge is 2.24. The van der Waals surface area contributed by atoms with Crippen LogP contribution in [0.3, 0.4) is 0 Å². The summed E-state index contributed by atoms with van der Waals surface area (Å²) in [6.45, 7) is 5.24. The van der Waals surface area contributed by atoms with Crippen LogP contribution in [0.1, 0.15) is 41.1 Å². The lowest BCUT2D eigenvalue weighted by atomic mass is 9.93. The Morgan fingerprint density at radius 3 is 2.88 bits per heavy atom. The second-order valence-corrected chi connectivity index (χ2v) is 6.44. The van der Waals surface area contributed by atoms with E-state index in [0.717, 1.165) is 44.7 Å². The van der Waals surface area contributed by atoms with E-state index in [1.165, 1.54) is 12.0 Å². The maximum atomic E-state index is 12.3. The number of aromatic nitrogens is 2. The molecule has 0 spiro atoms. The van der Waals surface area contributed by atoms with Gasteiger partial charge in [0.1, 0.15) is 18.7 Å². The predicted molar refractivity (Wildman–Crippen MR) is 89.6 cm³/mol. The highest BCUT2D eigenvalue weighted by atomic mass is 16.5. The number of ether oxygens (including phenoxy) is 1. The molecule has 2 aromatic heterocycles. The number of rotatable bonds is 6. The maximum absolute atomic E-state index is 12.3. The van der Waals surface area contributed by atoms with E-state index < -0.39 is 0 Å². The second-order valence-electron chi connectivity index (χ2n) is 6.44. The molecule has 3 rings (SSSR count). The highest BCUT2D eigenvalue weighted by molar-refractivity contribution is 5.93. The lowest BCUT2D eigenvalue weighted by Gasteiger charge is -2.32. The van der Waals surface area contributed by atoms with Gasteiger partial charge in [0.2, 0.25) is 0 Å². The lowest BCUT2D eigenvalue weighted by Crippen LogP contribution is -2.38. The molecule has 0 bridgehead atoms. The normalized spacial score (nSPS) is 15.8. The SMILES string of the molecule is COCc1ncc(C)n1CCC1CCN(C(=O)c2ccoc2)CC1. The van der Waals surface area contributed by atoms with Gasteiger partial charge in [0.05, 0.1) is 11.8 Å². The summed E-state index contributed by atoms with van der Waals surface area (Å²) in [4.78, 5) is 18.7. The van der Waals surface area contributed by atoms with Crippen LogP contribution in [0.25, 0.3) is 0 Å². The molecule has 0 N–H and O–H groups in total. The Balaban J connectivity index is 1.49. The molecular formula is C18H25N3O3. The number of hydrogen-bond acceptors (Lipinski definition) is 4. The second kappa shape index (κ2) is 7.66. The summed E-state index contributed by atoms with van der Waals surface area (Å²) in [5, 5.41) is 0. The zero-order chi connectivity index (χ0) is 16.9. The summed E-state index contributed by atoms with van der Waals surface area (Å²) < 4.78 is 12.5. The molecule has 1 saturated heterocycles. The third kappa shape index (κ3) is 3.70. The van der Waals surface area contributed by atoms with E-state index in [1.807, 2.05) is 11.1 Å². The first-order valence-electron chi connectivity index (χ1n) is 8.50. The number of amides is 1. The van der Waals surface area contributed by atoms with Crippen molar-refractivity contribution >= 4 is 5.91 Å². The Morgan fingerprint density at radius 2 is 2.21 bits per heavy atom. The number of furan rings is 1. The van der Waals surface area contributed by atoms with Crippen molar-refractivity contribution in [3.63, 3.8) is 0 Å². The minimum Gasteiger partial charge on any atom is -0.472 e. The molecule has 0 atom stereocenters. The molecule has 1 aliphatic rings. The summed E-state index contributed by atoms with van der Waals surface area (Å²) in [7, 11) is 1.70. The number of aryl methyl sites for hydroxylation is 1. The molecule has 6 heteroatoms. The molecule has 2 aromatic rings. The number of piperidine rings is 1. The minimum atomic E-state index is 0.0787. The van der Waals surface area contributed by atoms with Gasteiger partial charge in [-0.15, -0.1) is 0 Å². The molecule has 1 fully saturated rings. The van der Waals surface area contributed by atoms with Crippen LogP contribution in [-0.2, 0) is 17.9 Å². The standard InChI is InChI=1S/C18H25N3O3/c1-14-11-19-17(13-23-2)21(14)9-5-15-3-7-20(8-4-15)18(22)16-6-10-24-12-16/h6,10-12,15H,3-5,7-9,13H2,1-2H3. The number of likely N-dealkylation sites (tertiary alicyclic amines) is 1. The van der Waals surface area contributed by atoms with Crippen molar-refractivity contribution < 1.29 is 13.9 Å². The summed E-state index contributed by atoms with van der Waals surface area (Å²) in [5.41, 5.74) is 1.82. The van der Waals surface area contributed by atoms with Crippen molar-refractivity contribution in [1.29, 1.82) is 0 Å². The third-order valence-corrected chi connectivity index (χ3v) is 4.84. The molecule has 0 aliphatic carbocycles. The molecule has 1 amide bonds. The van der Waals surface area contributed by atoms with Gasteiger partial charge in [-0.05, 0) is 38.2 Å². The van der Waals surface area contributed by atoms with Crippen LogP contribution in [-0.4, -0.2) is 40.6 Å². The predicted octanol–water partition coefficient (Wildman–Crippen LogP) is 2.87. The first kappa shape index (κ1) is 16.8. The zero-order valence-corrected chi connectivity index (χ0v) is 14.4. The van der Waals surface area contributed by atoms with Crippen molar-refractivity contribution in [3.8, 4) is 0 Å². The first-order valence-corrected chi connectivity index (χ1v) is 8.50. The molecular weight excluding hydrogens is 306 g/mol. The number of carbonyl (C=O) groups is 1. The van der Waals surface area contributed by atoms with E-state index in [4.69, 9.17) is 9.15 Å². The number of imidazole rings is 1. The Labute approximate surface area is 142 Å². The fourth-order valence-electron chi connectivity index (χ4n) is 3.37. The zero-order valence-electron chi connectivity index (χ0n) is 14.4. The summed E-state index contributed by atoms with van der Waals surface area (Å²) in [5.74, 6) is 1.72. The average molecular weight is 331 g/mol. The monoisotopic (exact) mass is 331 g/mol. The summed E-state index contributed by atoms with van der Waals surface area (Å²) in [6, 6.07) is 1.73. The van der Waals surface area contributed by atoms with E-state index in [1.54, 1.807) is 19.4 Å². The Morgan fingerprint density at radius 1 is 1.42 bits per heavy atom. The van der Waals surface area contributed by atoms with Gasteiger partial charge in [-0.25, -0.2) is 4.98 Å². The van der Waals surface area contributed by atoms with Crippen LogP contribution in [0.5, 0.6) is 0 Å². The van der Waals surface area contributed by atoms with Crippen molar-refractivity contribution in [2.45, 2.75) is 39.3 Å². The summed E-state index contributed by atoms with van der Waals surface area (Å²) >= 11 is 0. The van der Waals surface area contributed by atoms with Gasteiger partial charge in [0.25, 0.3) is 5.91 Å². The van der Waals surface area contributed by atoms with Gasteiger partial charge in [-0.3, -0.25) is 4.79 Å². The average Bonchev–Trinajstić information content (AvgIpc) is 3.24. The van der Waals surface area contributed by atoms with Crippen molar-refractivity contribution in [2.24, 2.45) is 5.92 Å². The van der Waals surface area contributed by atoms with Gasteiger partial charge >= 0.3 is 0 Å². The van der Waals surface area contributed by atoms with Crippen LogP contribution in [0.4, 0.5) is 0 Å². The molecule has 0 saturated carbocycles. The van der Waals surface area contributed by atoms with E-state index in [0.29, 0.717) is 18.1 Å². The largest absolute Gasteiger partial charge is 0.472 e. The van der Waals surface area contributed by atoms with Gasteiger partial charge < -0.3 is 18.6 Å². The Hall–Kier alpha value is -2.08. The van der Waals surface area contributed by atoms with Crippen molar-refractivity contribution in [3.05, 3.63) is 41.9 Å². The molecule has 1 aliphatic heterocycles. The maximum Gasteiger partial charge on any atom is 0.257 e. The molecule has 0 unspecified atom stereocenters. The van der Waals surface area contributed by atoms with Gasteiger partial charge in [-0.2, -0.15) is 0 Å². The van der Waals surface area contributed by atoms with Gasteiger partial charge in [0, 0.05) is 38.6 Å². The highest BCUT2D eigenvalue weighted by Crippen LogP contribution is 2.23. The van der Waals surface area contributed by atoms with E-state index in [-0.39, 0.29) is 5.91 Å². The van der Waals surface area contributed by atoms with E-state index in [2.05, 4.69) is 16.5 Å². The molecule has 0 aromatic carbocycles. The fraction of sp³-hybridized carbons (Fsp3) is 0.556. The number of carbonyl (C=O) groups excluding carboxylic acids is 1. The van der Waals surface area contributed by atoms with Crippen LogP contribution in [0, 0.1) is 12.8 Å². The molecule has 0 radical (unpaired) electrons. The molecule has 6 nitrogen and oxygen atoms in total. The molecule has 3 heterocycles. The summed E-state index contributed by atoms with van der Waals surface area (Å²) in [6.07, 6.45) is 8.19. The van der Waals surface area contributed by atoms with E-state index >= 15 is 0 Å². The number of methoxy groups -OCH3 is 1. The number of nitrogens with zero attached hydrogens (tertiary/aromatic N) is 3. The minimum absolute atomic E-state index is 0.0787. The quantitative estimate of drug-likeness (QED) is 0.816. The van der Waals surface area contributed by atoms with Crippen molar-refractivity contribution in [2.75, 3.05) is 20.2 Å². The third-order valence-electron chi connectivity index (χ3n) is 4.84. The Kier molecular flexibility index (Phi) is 5.35. The number of hydrogen-bond donors (Lipinski definition) is 0. The van der Waals surface area contributed by atoms with E-state index in [9.17, 15) is 4.79 Å². The fourth-order valence-corrected chi connectivity index (χ4v) is 3.37. The van der Waals surface area contributed by atoms with Crippen LogP contribution in [0.15, 0.2) is 29.2 Å². The Bertz CT molecular complexity index is 655. The molecule has 130 valence electrons. The van der Waals surface area contributed by atoms with Crippen LogP contribution in [0.2, 0.25) is 0 Å². The van der Waals surface area contributed by atoms with Gasteiger partial charge in [0.15, 0.2) is 0 Å². The van der Waals surface area contributed by atoms with Crippen molar-refractivity contribution in [1.82, 2.24) is 14.5 Å². The van der Waals surface area contributed by atoms with Crippen LogP contribution >= 0.6 is 0 Å². The smallest absolute Gasteiger partial charge is 0.257 e. The topological polar surface area (TPSA) is 60.5 Å². The van der Waals surface area contributed by atoms with Gasteiger partial charge in [-0.1, -0.05) is 0 Å². The first-order chi connectivity index (χ1) is 11.7. The van der Waals surface area contributed by atoms with Crippen LogP contribution < -0.4 is 0 Å². The molecule has 24 heavy (non-hydrogen) atoms.